The van der Waals surface area contributed by atoms with Crippen LogP contribution in [-0.4, -0.2) is 65.6 Å². The van der Waals surface area contributed by atoms with E-state index in [-0.39, 0.29) is 13.0 Å². The Morgan fingerprint density at radius 1 is 1.00 bits per heavy atom. The summed E-state index contributed by atoms with van der Waals surface area (Å²) in [6, 6.07) is -1.58. The van der Waals surface area contributed by atoms with E-state index in [1.807, 2.05) is 7.05 Å². The van der Waals surface area contributed by atoms with E-state index in [1.54, 1.807) is 0 Å². The van der Waals surface area contributed by atoms with Crippen LogP contribution in [0.5, 0.6) is 0 Å². The molecule has 0 amide bonds. The van der Waals surface area contributed by atoms with Gasteiger partial charge in [-0.05, 0) is 39.3 Å². The predicted octanol–water partition coefficient (Wildman–Crippen LogP) is -1.71. The summed E-state index contributed by atoms with van der Waals surface area (Å²) < 4.78 is 0. The molecule has 0 bridgehead atoms. The van der Waals surface area contributed by atoms with Gasteiger partial charge in [0.05, 0.1) is 6.10 Å². The van der Waals surface area contributed by atoms with E-state index in [1.165, 1.54) is 0 Å². The minimum atomic E-state index is -1.05. The zero-order valence-electron chi connectivity index (χ0n) is 13.1. The van der Waals surface area contributed by atoms with Gasteiger partial charge >= 0.3 is 11.9 Å². The maximum Gasteiger partial charge on any atom is 0.320 e. The summed E-state index contributed by atoms with van der Waals surface area (Å²) in [5.41, 5.74) is 15.5. The SMILES string of the molecule is CNCCCCC(N)C(=O)O.NCC(O)CCC(N)C(=O)O. The number of hydrogen-bond acceptors (Lipinski definition) is 7. The van der Waals surface area contributed by atoms with Gasteiger partial charge in [0.2, 0.25) is 0 Å². The second-order valence-corrected chi connectivity index (χ2v) is 4.96. The standard InChI is InChI=1S/C7H16N2O2.C6H14N2O3/c1-9-5-3-2-4-6(8)7(10)11;7-3-4(9)1-2-5(8)6(10)11/h6,9H,2-5,8H2,1H3,(H,10,11);4-5,9H,1-3,7-8H2,(H,10,11). The largest absolute Gasteiger partial charge is 0.480 e. The average molecular weight is 322 g/mol. The van der Waals surface area contributed by atoms with Gasteiger partial charge in [0.1, 0.15) is 12.1 Å². The number of carboxylic acids is 2. The van der Waals surface area contributed by atoms with E-state index in [0.717, 1.165) is 19.4 Å². The van der Waals surface area contributed by atoms with E-state index in [9.17, 15) is 9.59 Å². The van der Waals surface area contributed by atoms with E-state index < -0.39 is 30.1 Å². The van der Waals surface area contributed by atoms with Crippen LogP contribution in [0.4, 0.5) is 0 Å². The molecule has 0 aromatic carbocycles. The number of unbranched alkanes of at least 4 members (excludes halogenated alkanes) is 1. The second kappa shape index (κ2) is 14.7. The van der Waals surface area contributed by atoms with Gasteiger partial charge < -0.3 is 37.8 Å². The number of hydrogen-bond donors (Lipinski definition) is 7. The maximum atomic E-state index is 10.2. The third-order valence-electron chi connectivity index (χ3n) is 2.91. The molecule has 0 saturated heterocycles. The summed E-state index contributed by atoms with van der Waals surface area (Å²) in [6.07, 6.45) is 2.38. The monoisotopic (exact) mass is 322 g/mol. The second-order valence-electron chi connectivity index (χ2n) is 4.96. The van der Waals surface area contributed by atoms with Crippen LogP contribution >= 0.6 is 0 Å². The van der Waals surface area contributed by atoms with Crippen LogP contribution in [0.15, 0.2) is 0 Å². The van der Waals surface area contributed by atoms with Crippen molar-refractivity contribution in [3.8, 4) is 0 Å². The van der Waals surface area contributed by atoms with Crippen LogP contribution in [0.3, 0.4) is 0 Å². The molecule has 9 nitrogen and oxygen atoms in total. The molecule has 0 fully saturated rings. The Bertz CT molecular complexity index is 304. The molecular weight excluding hydrogens is 292 g/mol. The minimum absolute atomic E-state index is 0.145. The molecule has 22 heavy (non-hydrogen) atoms. The van der Waals surface area contributed by atoms with Gasteiger partial charge in [-0.1, -0.05) is 6.42 Å². The Balaban J connectivity index is 0. The molecule has 3 unspecified atom stereocenters. The Kier molecular flexibility index (Phi) is 15.3. The molecule has 10 N–H and O–H groups in total. The number of nitrogens with one attached hydrogen (secondary N) is 1. The molecule has 0 aromatic heterocycles. The highest BCUT2D eigenvalue weighted by atomic mass is 16.4. The average Bonchev–Trinajstić information content (AvgIpc) is 2.48. The van der Waals surface area contributed by atoms with Gasteiger partial charge in [-0.2, -0.15) is 0 Å². The van der Waals surface area contributed by atoms with E-state index in [2.05, 4.69) is 5.32 Å². The first-order valence-electron chi connectivity index (χ1n) is 7.25. The first kappa shape index (κ1) is 23.0. The van der Waals surface area contributed by atoms with Crippen molar-refractivity contribution in [1.29, 1.82) is 0 Å². The minimum Gasteiger partial charge on any atom is -0.480 e. The number of aliphatic hydroxyl groups excluding tert-OH is 1. The highest BCUT2D eigenvalue weighted by Crippen LogP contribution is 1.98. The number of carboxylic acid groups (broad SMARTS) is 2. The normalized spacial score (nSPS) is 14.4. The van der Waals surface area contributed by atoms with Gasteiger partial charge in [0.15, 0.2) is 0 Å². The highest BCUT2D eigenvalue weighted by Gasteiger charge is 2.12. The number of aliphatic carboxylic acids is 2. The van der Waals surface area contributed by atoms with Crippen LogP contribution in [0.2, 0.25) is 0 Å². The topological polar surface area (TPSA) is 185 Å². The Hall–Kier alpha value is -1.26. The first-order chi connectivity index (χ1) is 10.3. The van der Waals surface area contributed by atoms with Crippen LogP contribution < -0.4 is 22.5 Å². The van der Waals surface area contributed by atoms with E-state index in [0.29, 0.717) is 12.8 Å². The number of nitrogens with two attached hydrogens (primary N) is 3. The lowest BCUT2D eigenvalue weighted by Gasteiger charge is -2.09. The Labute approximate surface area is 130 Å². The lowest BCUT2D eigenvalue weighted by atomic mass is 10.1. The number of rotatable bonds is 11. The van der Waals surface area contributed by atoms with Crippen LogP contribution in [0.25, 0.3) is 0 Å². The summed E-state index contributed by atoms with van der Waals surface area (Å²) in [4.78, 5) is 20.4. The highest BCUT2D eigenvalue weighted by molar-refractivity contribution is 5.73. The van der Waals surface area contributed by atoms with Gasteiger partial charge in [-0.15, -0.1) is 0 Å². The molecule has 3 atom stereocenters. The Morgan fingerprint density at radius 3 is 1.91 bits per heavy atom. The molecule has 0 rings (SSSR count). The molecule has 0 spiro atoms. The van der Waals surface area contributed by atoms with Crippen molar-refractivity contribution in [3.05, 3.63) is 0 Å². The van der Waals surface area contributed by atoms with Crippen molar-refractivity contribution >= 4 is 11.9 Å². The van der Waals surface area contributed by atoms with Gasteiger partial charge in [-0.3, -0.25) is 9.59 Å². The summed E-state index contributed by atoms with van der Waals surface area (Å²) in [5.74, 6) is -1.95. The quantitative estimate of drug-likeness (QED) is 0.217. The predicted molar refractivity (Wildman–Crippen MR) is 83.3 cm³/mol. The molecule has 0 aromatic rings. The van der Waals surface area contributed by atoms with Crippen molar-refractivity contribution in [1.82, 2.24) is 5.32 Å². The fraction of sp³-hybridized carbons (Fsp3) is 0.846. The molecule has 0 saturated carbocycles. The third kappa shape index (κ3) is 15.1. The van der Waals surface area contributed by atoms with Gasteiger partial charge in [0, 0.05) is 6.54 Å². The lowest BCUT2D eigenvalue weighted by molar-refractivity contribution is -0.139. The van der Waals surface area contributed by atoms with Crippen LogP contribution in [0, 0.1) is 0 Å². The molecular formula is C13H30N4O5. The zero-order chi connectivity index (χ0) is 17.5. The van der Waals surface area contributed by atoms with Gasteiger partial charge in [0.25, 0.3) is 0 Å². The van der Waals surface area contributed by atoms with Gasteiger partial charge in [-0.25, -0.2) is 0 Å². The third-order valence-corrected chi connectivity index (χ3v) is 2.91. The maximum absolute atomic E-state index is 10.2. The lowest BCUT2D eigenvalue weighted by Crippen LogP contribution is -2.32. The fourth-order valence-corrected chi connectivity index (χ4v) is 1.40. The molecule has 0 aliphatic carbocycles. The summed E-state index contributed by atoms with van der Waals surface area (Å²) in [6.45, 7) is 1.07. The molecule has 0 radical (unpaired) electrons. The van der Waals surface area contributed by atoms with Crippen LogP contribution in [0.1, 0.15) is 32.1 Å². The first-order valence-corrected chi connectivity index (χ1v) is 7.25. The molecule has 9 heteroatoms. The van der Waals surface area contributed by atoms with Crippen molar-refractivity contribution in [2.45, 2.75) is 50.3 Å². The molecule has 0 aliphatic rings. The van der Waals surface area contributed by atoms with Crippen molar-refractivity contribution < 1.29 is 24.9 Å². The van der Waals surface area contributed by atoms with Crippen LogP contribution in [-0.2, 0) is 9.59 Å². The molecule has 0 heterocycles. The smallest absolute Gasteiger partial charge is 0.320 e. The van der Waals surface area contributed by atoms with Crippen molar-refractivity contribution in [2.75, 3.05) is 20.1 Å². The molecule has 0 aliphatic heterocycles. The zero-order valence-corrected chi connectivity index (χ0v) is 13.1. The van der Waals surface area contributed by atoms with Crippen molar-refractivity contribution in [3.63, 3.8) is 0 Å². The summed E-state index contributed by atoms with van der Waals surface area (Å²) in [5, 5.41) is 28.6. The number of carbonyl (C=O) groups is 2. The fourth-order valence-electron chi connectivity index (χ4n) is 1.40. The van der Waals surface area contributed by atoms with Crippen molar-refractivity contribution in [2.24, 2.45) is 17.2 Å². The molecule has 132 valence electrons. The summed E-state index contributed by atoms with van der Waals surface area (Å²) >= 11 is 0. The van der Waals surface area contributed by atoms with E-state index >= 15 is 0 Å². The van der Waals surface area contributed by atoms with E-state index in [4.69, 9.17) is 32.5 Å². The number of aliphatic hydroxyl groups is 1. The Morgan fingerprint density at radius 2 is 1.50 bits per heavy atom. The summed E-state index contributed by atoms with van der Waals surface area (Å²) in [7, 11) is 1.87.